The molecule has 6 N–H and O–H groups in total. The van der Waals surface area contributed by atoms with Gasteiger partial charge in [-0.05, 0) is 97.8 Å². The number of nitrogens with one attached hydrogen (secondary N) is 2. The zero-order valence-electron chi connectivity index (χ0n) is 22.6. The molecular weight excluding hydrogens is 594 g/mol. The Morgan fingerprint density at radius 2 is 0.977 bits per heavy atom. The Balaban J connectivity index is 1.64. The first kappa shape index (κ1) is 31.3. The highest BCUT2D eigenvalue weighted by molar-refractivity contribution is 7.99. The molecule has 0 heterocycles. The molecule has 4 rings (SSSR count). The Bertz CT molecular complexity index is 1600. The molecule has 0 aliphatic carbocycles. The van der Waals surface area contributed by atoms with Gasteiger partial charge in [0.2, 0.25) is 0 Å². The topological polar surface area (TPSA) is 110 Å². The van der Waals surface area contributed by atoms with E-state index in [1.165, 1.54) is 48.5 Å². The summed E-state index contributed by atoms with van der Waals surface area (Å²) in [5, 5.41) is 4.78. The van der Waals surface area contributed by atoms with Gasteiger partial charge in [-0.3, -0.25) is 9.59 Å². The molecule has 6 nitrogen and oxygen atoms in total. The Labute approximate surface area is 246 Å². The quantitative estimate of drug-likeness (QED) is 0.129. The highest BCUT2D eigenvalue weighted by Gasteiger charge is 2.37. The summed E-state index contributed by atoms with van der Waals surface area (Å²) in [5.41, 5.74) is 10.7. The molecule has 13 heteroatoms. The molecule has 2 amide bonds. The summed E-state index contributed by atoms with van der Waals surface area (Å²) in [6, 6.07) is 14.5. The van der Waals surface area contributed by atoms with Crippen LogP contribution in [0.3, 0.4) is 0 Å². The predicted octanol–water partition coefficient (Wildman–Crippen LogP) is 8.16. The minimum absolute atomic E-state index is 0.190. The van der Waals surface area contributed by atoms with Gasteiger partial charge in [0, 0.05) is 43.7 Å². The Hall–Kier alpha value is -4.65. The van der Waals surface area contributed by atoms with Gasteiger partial charge in [0.1, 0.15) is 0 Å². The standard InChI is InChI=1S/C30H24F6N4O2S/c1-15-11-17(37)3-7-21(15)27(41)39-19-5-9-25(23(13-19)29(31,32)33)43-26-10-6-20(14-24(26)30(34,35)36)40-28(42)22-8-4-18(38)12-16(22)2/h3-14H,37-38H2,1-2H3,(H,39,41)(H,40,42). The van der Waals surface area contributed by atoms with Crippen molar-refractivity contribution in [3.63, 3.8) is 0 Å². The number of carbonyl (C=O) groups is 2. The van der Waals surface area contributed by atoms with Gasteiger partial charge < -0.3 is 22.1 Å². The lowest BCUT2D eigenvalue weighted by Crippen LogP contribution is -2.15. The first-order valence-corrected chi connectivity index (χ1v) is 13.3. The van der Waals surface area contributed by atoms with Crippen molar-refractivity contribution in [2.45, 2.75) is 36.0 Å². The summed E-state index contributed by atoms with van der Waals surface area (Å²) in [5.74, 6) is -1.37. The molecule has 224 valence electrons. The number of hydrogen-bond donors (Lipinski definition) is 4. The third kappa shape index (κ3) is 7.41. The fraction of sp³-hybridized carbons (Fsp3) is 0.133. The van der Waals surface area contributed by atoms with E-state index < -0.39 is 45.1 Å². The molecule has 0 atom stereocenters. The normalized spacial score (nSPS) is 11.7. The minimum atomic E-state index is -4.95. The fourth-order valence-corrected chi connectivity index (χ4v) is 5.31. The van der Waals surface area contributed by atoms with E-state index in [9.17, 15) is 35.9 Å². The minimum Gasteiger partial charge on any atom is -0.399 e. The SMILES string of the molecule is Cc1cc(N)ccc1C(=O)Nc1ccc(Sc2ccc(NC(=O)c3ccc(N)cc3C)cc2C(F)(F)F)c(C(F)(F)F)c1. The highest BCUT2D eigenvalue weighted by atomic mass is 32.2. The third-order valence-corrected chi connectivity index (χ3v) is 7.45. The molecule has 4 aromatic carbocycles. The van der Waals surface area contributed by atoms with Crippen LogP contribution in [0.15, 0.2) is 82.6 Å². The Morgan fingerprint density at radius 1 is 0.605 bits per heavy atom. The van der Waals surface area contributed by atoms with E-state index in [4.69, 9.17) is 11.5 Å². The van der Waals surface area contributed by atoms with E-state index in [-0.39, 0.29) is 34.3 Å². The highest BCUT2D eigenvalue weighted by Crippen LogP contribution is 2.45. The van der Waals surface area contributed by atoms with Gasteiger partial charge in [0.05, 0.1) is 11.1 Å². The maximum absolute atomic E-state index is 14.0. The third-order valence-electron chi connectivity index (χ3n) is 6.30. The van der Waals surface area contributed by atoms with Crippen molar-refractivity contribution in [2.24, 2.45) is 0 Å². The maximum atomic E-state index is 14.0. The molecule has 0 saturated heterocycles. The number of nitrogens with two attached hydrogens (primary N) is 2. The van der Waals surface area contributed by atoms with Gasteiger partial charge in [-0.1, -0.05) is 11.8 Å². The molecule has 0 saturated carbocycles. The molecule has 0 aromatic heterocycles. The van der Waals surface area contributed by atoms with Gasteiger partial charge in [0.25, 0.3) is 11.8 Å². The lowest BCUT2D eigenvalue weighted by Gasteiger charge is -2.18. The van der Waals surface area contributed by atoms with Gasteiger partial charge in [-0.25, -0.2) is 0 Å². The molecule has 0 fully saturated rings. The van der Waals surface area contributed by atoms with Crippen molar-refractivity contribution in [1.29, 1.82) is 0 Å². The number of benzene rings is 4. The molecule has 0 aliphatic rings. The average Bonchev–Trinajstić information content (AvgIpc) is 2.89. The molecule has 0 unspecified atom stereocenters. The van der Waals surface area contributed by atoms with Crippen LogP contribution >= 0.6 is 11.8 Å². The molecule has 0 spiro atoms. The zero-order valence-corrected chi connectivity index (χ0v) is 23.4. The summed E-state index contributed by atoms with van der Waals surface area (Å²) >= 11 is 0.257. The first-order valence-electron chi connectivity index (χ1n) is 12.5. The molecule has 0 aliphatic heterocycles. The van der Waals surface area contributed by atoms with Crippen molar-refractivity contribution in [3.8, 4) is 0 Å². The molecule has 0 bridgehead atoms. The lowest BCUT2D eigenvalue weighted by atomic mass is 10.1. The van der Waals surface area contributed by atoms with Crippen LogP contribution in [0.25, 0.3) is 0 Å². The second-order valence-electron chi connectivity index (χ2n) is 9.58. The molecular formula is C30H24F6N4O2S. The van der Waals surface area contributed by atoms with Gasteiger partial charge in [-0.2, -0.15) is 26.3 Å². The summed E-state index contributed by atoms with van der Waals surface area (Å²) < 4.78 is 84.3. The van der Waals surface area contributed by atoms with E-state index in [1.807, 2.05) is 0 Å². The summed E-state index contributed by atoms with van der Waals surface area (Å²) in [4.78, 5) is 24.3. The number of nitrogen functional groups attached to an aromatic ring is 2. The van der Waals surface area contributed by atoms with Gasteiger partial charge in [0.15, 0.2) is 0 Å². The number of rotatable bonds is 6. The van der Waals surface area contributed by atoms with E-state index in [2.05, 4.69) is 10.6 Å². The van der Waals surface area contributed by atoms with Crippen LogP contribution in [0.5, 0.6) is 0 Å². The number of hydrogen-bond acceptors (Lipinski definition) is 5. The van der Waals surface area contributed by atoms with E-state index >= 15 is 0 Å². The number of halogens is 6. The van der Waals surface area contributed by atoms with Crippen LogP contribution in [0.1, 0.15) is 43.0 Å². The van der Waals surface area contributed by atoms with Crippen LogP contribution in [-0.2, 0) is 12.4 Å². The smallest absolute Gasteiger partial charge is 0.399 e. The van der Waals surface area contributed by atoms with Crippen LogP contribution in [0.2, 0.25) is 0 Å². The van der Waals surface area contributed by atoms with E-state index in [0.717, 1.165) is 12.1 Å². The zero-order chi connectivity index (χ0) is 31.7. The van der Waals surface area contributed by atoms with E-state index in [0.29, 0.717) is 34.6 Å². The first-order chi connectivity index (χ1) is 20.0. The predicted molar refractivity (Wildman–Crippen MR) is 154 cm³/mol. The number of anilines is 4. The number of carbonyl (C=O) groups excluding carboxylic acids is 2. The van der Waals surface area contributed by atoms with Crippen molar-refractivity contribution < 1.29 is 35.9 Å². The largest absolute Gasteiger partial charge is 0.417 e. The van der Waals surface area contributed by atoms with Crippen LogP contribution in [0.4, 0.5) is 49.1 Å². The maximum Gasteiger partial charge on any atom is 0.417 e. The second-order valence-corrected chi connectivity index (χ2v) is 10.7. The van der Waals surface area contributed by atoms with Gasteiger partial charge >= 0.3 is 12.4 Å². The monoisotopic (exact) mass is 618 g/mol. The van der Waals surface area contributed by atoms with Crippen LogP contribution < -0.4 is 22.1 Å². The molecule has 43 heavy (non-hydrogen) atoms. The van der Waals surface area contributed by atoms with Gasteiger partial charge in [-0.15, -0.1) is 0 Å². The summed E-state index contributed by atoms with van der Waals surface area (Å²) in [6.07, 6.45) is -9.91. The van der Waals surface area contributed by atoms with Crippen LogP contribution in [-0.4, -0.2) is 11.8 Å². The number of aryl methyl sites for hydroxylation is 2. The Morgan fingerprint density at radius 3 is 1.30 bits per heavy atom. The van der Waals surface area contributed by atoms with Crippen LogP contribution in [0, 0.1) is 13.8 Å². The fourth-order valence-electron chi connectivity index (χ4n) is 4.24. The summed E-state index contributed by atoms with van der Waals surface area (Å²) in [6.45, 7) is 3.22. The number of amides is 2. The van der Waals surface area contributed by atoms with Crippen molar-refractivity contribution in [2.75, 3.05) is 22.1 Å². The average molecular weight is 619 g/mol. The van der Waals surface area contributed by atoms with Crippen molar-refractivity contribution in [1.82, 2.24) is 0 Å². The number of alkyl halides is 6. The summed E-state index contributed by atoms with van der Waals surface area (Å²) in [7, 11) is 0. The molecule has 4 aromatic rings. The lowest BCUT2D eigenvalue weighted by molar-refractivity contribution is -0.140. The molecule has 0 radical (unpaired) electrons. The second kappa shape index (κ2) is 11.9. The van der Waals surface area contributed by atoms with E-state index in [1.54, 1.807) is 13.8 Å². The van der Waals surface area contributed by atoms with Crippen molar-refractivity contribution >= 4 is 46.3 Å². The van der Waals surface area contributed by atoms with Crippen molar-refractivity contribution in [3.05, 3.63) is 106 Å². The Kier molecular flexibility index (Phi) is 8.67.